The number of hydrogen-bond acceptors (Lipinski definition) is 3. The number of nitrogens with zero attached hydrogens (tertiary/aromatic N) is 1. The van der Waals surface area contributed by atoms with Crippen LogP contribution in [0.5, 0.6) is 0 Å². The molecule has 0 atom stereocenters. The van der Waals surface area contributed by atoms with Gasteiger partial charge in [0.05, 0.1) is 5.56 Å². The molecular formula is C24H14BrFN2O2. The minimum atomic E-state index is -0.568. The lowest BCUT2D eigenvalue weighted by Gasteiger charge is -2.05. The van der Waals surface area contributed by atoms with E-state index >= 15 is 0 Å². The number of aromatic nitrogens is 1. The van der Waals surface area contributed by atoms with Gasteiger partial charge in [-0.25, -0.2) is 9.37 Å². The van der Waals surface area contributed by atoms with Crippen LogP contribution in [0.25, 0.3) is 33.3 Å². The van der Waals surface area contributed by atoms with Crippen molar-refractivity contribution in [2.24, 2.45) is 0 Å². The number of anilines is 1. The number of rotatable bonds is 3. The fourth-order valence-corrected chi connectivity index (χ4v) is 3.92. The average molecular weight is 461 g/mol. The zero-order valence-electron chi connectivity index (χ0n) is 15.5. The molecule has 0 saturated heterocycles. The topological polar surface area (TPSA) is 55.1 Å². The minimum absolute atomic E-state index is 0.0141. The van der Waals surface area contributed by atoms with Crippen LogP contribution in [0.4, 0.5) is 10.1 Å². The molecule has 0 saturated carbocycles. The predicted octanol–water partition coefficient (Wildman–Crippen LogP) is 6.80. The first kappa shape index (κ1) is 18.5. The number of benzene rings is 4. The van der Waals surface area contributed by atoms with Gasteiger partial charge in [-0.15, -0.1) is 0 Å². The molecule has 1 N–H and O–H groups in total. The Bertz CT molecular complexity index is 1430. The van der Waals surface area contributed by atoms with Gasteiger partial charge in [-0.1, -0.05) is 52.3 Å². The third-order valence-electron chi connectivity index (χ3n) is 4.86. The lowest BCUT2D eigenvalue weighted by Crippen LogP contribution is -2.13. The SMILES string of the molecule is O=C(Nc1ccc2oc(-c3cccc4c(Br)cccc34)nc2c1)c1ccccc1F. The van der Waals surface area contributed by atoms with Crippen molar-refractivity contribution in [1.82, 2.24) is 4.98 Å². The zero-order chi connectivity index (χ0) is 20.7. The van der Waals surface area contributed by atoms with Crippen LogP contribution in [0.15, 0.2) is 87.8 Å². The molecule has 4 nitrogen and oxygen atoms in total. The van der Waals surface area contributed by atoms with E-state index in [9.17, 15) is 9.18 Å². The summed E-state index contributed by atoms with van der Waals surface area (Å²) in [6, 6.07) is 22.9. The van der Waals surface area contributed by atoms with E-state index in [-0.39, 0.29) is 5.56 Å². The van der Waals surface area contributed by atoms with Crippen LogP contribution < -0.4 is 5.32 Å². The molecule has 1 heterocycles. The fourth-order valence-electron chi connectivity index (χ4n) is 3.42. The molecule has 0 unspecified atom stereocenters. The van der Waals surface area contributed by atoms with Gasteiger partial charge in [0.1, 0.15) is 11.3 Å². The molecule has 0 bridgehead atoms. The Morgan fingerprint density at radius 2 is 1.73 bits per heavy atom. The molecular weight excluding hydrogens is 447 g/mol. The molecule has 1 aromatic heterocycles. The van der Waals surface area contributed by atoms with E-state index in [1.807, 2.05) is 36.4 Å². The van der Waals surface area contributed by atoms with Gasteiger partial charge in [0.25, 0.3) is 5.91 Å². The Morgan fingerprint density at radius 3 is 2.60 bits per heavy atom. The third-order valence-corrected chi connectivity index (χ3v) is 5.55. The molecule has 146 valence electrons. The van der Waals surface area contributed by atoms with Gasteiger partial charge in [-0.2, -0.15) is 0 Å². The fraction of sp³-hybridized carbons (Fsp3) is 0. The summed E-state index contributed by atoms with van der Waals surface area (Å²) < 4.78 is 20.8. The van der Waals surface area contributed by atoms with Crippen LogP contribution in [0.3, 0.4) is 0 Å². The van der Waals surface area contributed by atoms with E-state index in [1.54, 1.807) is 30.3 Å². The van der Waals surface area contributed by atoms with Crippen molar-refractivity contribution in [2.45, 2.75) is 0 Å². The summed E-state index contributed by atoms with van der Waals surface area (Å²) in [5.41, 5.74) is 2.57. The lowest BCUT2D eigenvalue weighted by atomic mass is 10.0. The summed E-state index contributed by atoms with van der Waals surface area (Å²) >= 11 is 3.58. The van der Waals surface area contributed by atoms with Gasteiger partial charge in [0, 0.05) is 15.7 Å². The van der Waals surface area contributed by atoms with Gasteiger partial charge in [-0.3, -0.25) is 4.79 Å². The van der Waals surface area contributed by atoms with Gasteiger partial charge < -0.3 is 9.73 Å². The van der Waals surface area contributed by atoms with E-state index < -0.39 is 11.7 Å². The average Bonchev–Trinajstić information content (AvgIpc) is 3.17. The summed E-state index contributed by atoms with van der Waals surface area (Å²) in [6.45, 7) is 0. The number of nitrogens with one attached hydrogen (secondary N) is 1. The molecule has 0 aliphatic carbocycles. The zero-order valence-corrected chi connectivity index (χ0v) is 17.1. The predicted molar refractivity (Wildman–Crippen MR) is 119 cm³/mol. The van der Waals surface area contributed by atoms with Crippen LogP contribution in [0.2, 0.25) is 0 Å². The number of amides is 1. The standard InChI is InChI=1S/C24H14BrFN2O2/c25-19-9-4-6-15-16(19)7-3-8-17(15)24-28-21-13-14(11-12-22(21)30-24)27-23(29)18-5-1-2-10-20(18)26/h1-13H,(H,27,29). The van der Waals surface area contributed by atoms with Gasteiger partial charge >= 0.3 is 0 Å². The minimum Gasteiger partial charge on any atom is -0.436 e. The van der Waals surface area contributed by atoms with Crippen LogP contribution >= 0.6 is 15.9 Å². The smallest absolute Gasteiger partial charge is 0.258 e. The second-order valence-corrected chi connectivity index (χ2v) is 7.63. The van der Waals surface area contributed by atoms with Gasteiger partial charge in [-0.05, 0) is 53.2 Å². The monoisotopic (exact) mass is 460 g/mol. The number of carbonyl (C=O) groups excluding carboxylic acids is 1. The van der Waals surface area contributed by atoms with E-state index in [0.29, 0.717) is 22.7 Å². The molecule has 5 aromatic rings. The third kappa shape index (κ3) is 3.25. The Kier molecular flexibility index (Phi) is 4.56. The first-order chi connectivity index (χ1) is 14.6. The molecule has 30 heavy (non-hydrogen) atoms. The maximum Gasteiger partial charge on any atom is 0.258 e. The number of hydrogen-bond donors (Lipinski definition) is 1. The molecule has 4 aromatic carbocycles. The molecule has 1 amide bonds. The van der Waals surface area contributed by atoms with Gasteiger partial charge in [0.15, 0.2) is 5.58 Å². The van der Waals surface area contributed by atoms with Crippen molar-refractivity contribution < 1.29 is 13.6 Å². The molecule has 0 spiro atoms. The maximum absolute atomic E-state index is 13.9. The highest BCUT2D eigenvalue weighted by atomic mass is 79.9. The lowest BCUT2D eigenvalue weighted by molar-refractivity contribution is 0.102. The van der Waals surface area contributed by atoms with Crippen molar-refractivity contribution in [3.05, 3.63) is 94.7 Å². The van der Waals surface area contributed by atoms with Crippen molar-refractivity contribution in [3.63, 3.8) is 0 Å². The molecule has 6 heteroatoms. The highest BCUT2D eigenvalue weighted by molar-refractivity contribution is 9.10. The van der Waals surface area contributed by atoms with Gasteiger partial charge in [0.2, 0.25) is 5.89 Å². The number of carbonyl (C=O) groups is 1. The highest BCUT2D eigenvalue weighted by Gasteiger charge is 2.15. The van der Waals surface area contributed by atoms with Crippen molar-refractivity contribution in [3.8, 4) is 11.5 Å². The molecule has 0 fully saturated rings. The second-order valence-electron chi connectivity index (χ2n) is 6.78. The van der Waals surface area contributed by atoms with Crippen LogP contribution in [-0.4, -0.2) is 10.9 Å². The largest absolute Gasteiger partial charge is 0.436 e. The quantitative estimate of drug-likeness (QED) is 0.322. The number of oxazole rings is 1. The van der Waals surface area contributed by atoms with Crippen LogP contribution in [-0.2, 0) is 0 Å². The normalized spacial score (nSPS) is 11.1. The van der Waals surface area contributed by atoms with E-state index in [1.165, 1.54) is 12.1 Å². The second kappa shape index (κ2) is 7.39. The Hall–Kier alpha value is -3.51. The summed E-state index contributed by atoms with van der Waals surface area (Å²) in [5.74, 6) is -0.594. The van der Waals surface area contributed by atoms with Crippen molar-refractivity contribution in [2.75, 3.05) is 5.32 Å². The molecule has 0 radical (unpaired) electrons. The molecule has 0 aliphatic heterocycles. The first-order valence-electron chi connectivity index (χ1n) is 9.24. The van der Waals surface area contributed by atoms with Crippen molar-refractivity contribution >= 4 is 49.4 Å². The summed E-state index contributed by atoms with van der Waals surface area (Å²) in [6.07, 6.45) is 0. The Balaban J connectivity index is 1.52. The van der Waals surface area contributed by atoms with E-state index in [2.05, 4.69) is 26.2 Å². The first-order valence-corrected chi connectivity index (χ1v) is 10.0. The maximum atomic E-state index is 13.9. The number of halogens is 2. The van der Waals surface area contributed by atoms with Crippen LogP contribution in [0, 0.1) is 5.82 Å². The van der Waals surface area contributed by atoms with Crippen LogP contribution in [0.1, 0.15) is 10.4 Å². The molecule has 5 rings (SSSR count). The highest BCUT2D eigenvalue weighted by Crippen LogP contribution is 2.34. The summed E-state index contributed by atoms with van der Waals surface area (Å²) in [7, 11) is 0. The van der Waals surface area contributed by atoms with Crippen molar-refractivity contribution in [1.29, 1.82) is 0 Å². The summed E-state index contributed by atoms with van der Waals surface area (Å²) in [5, 5.41) is 4.80. The Labute approximate surface area is 179 Å². The Morgan fingerprint density at radius 1 is 0.933 bits per heavy atom. The molecule has 0 aliphatic rings. The number of fused-ring (bicyclic) bond motifs is 2. The summed E-state index contributed by atoms with van der Waals surface area (Å²) in [4.78, 5) is 17.0. The van der Waals surface area contributed by atoms with E-state index in [4.69, 9.17) is 4.42 Å². The van der Waals surface area contributed by atoms with E-state index in [0.717, 1.165) is 20.8 Å².